The molecule has 2 heteroatoms. The van der Waals surface area contributed by atoms with Crippen LogP contribution in [0, 0.1) is 0 Å². The van der Waals surface area contributed by atoms with Crippen molar-refractivity contribution < 1.29 is 0 Å². The highest BCUT2D eigenvalue weighted by atomic mass is 35.5. The van der Waals surface area contributed by atoms with Crippen LogP contribution in [0.3, 0.4) is 0 Å². The van der Waals surface area contributed by atoms with E-state index in [0.29, 0.717) is 0 Å². The topological polar surface area (TPSA) is 3.24 Å². The first-order chi connectivity index (χ1) is 6.75. The summed E-state index contributed by atoms with van der Waals surface area (Å²) in [5.41, 5.74) is 1.10. The highest BCUT2D eigenvalue weighted by Crippen LogP contribution is 2.23. The lowest BCUT2D eigenvalue weighted by Gasteiger charge is -2.19. The van der Waals surface area contributed by atoms with Gasteiger partial charge in [0.05, 0.1) is 10.7 Å². The number of hydrogen-bond donors (Lipinski definition) is 0. The molecule has 0 N–H and O–H groups in total. The fourth-order valence-corrected chi connectivity index (χ4v) is 1.63. The third kappa shape index (κ3) is 3.08. The Kier molecular flexibility index (Phi) is 4.54. The predicted molar refractivity (Wildman–Crippen MR) is 64.2 cm³/mol. The molecular formula is C12H16ClN. The van der Waals surface area contributed by atoms with Gasteiger partial charge in [0.25, 0.3) is 0 Å². The van der Waals surface area contributed by atoms with E-state index in [-0.39, 0.29) is 0 Å². The molecule has 0 aliphatic heterocycles. The number of para-hydroxylation sites is 1. The van der Waals surface area contributed by atoms with Crippen molar-refractivity contribution in [1.82, 2.24) is 0 Å². The van der Waals surface area contributed by atoms with Crippen molar-refractivity contribution in [3.63, 3.8) is 0 Å². The van der Waals surface area contributed by atoms with Crippen molar-refractivity contribution in [2.75, 3.05) is 18.5 Å². The van der Waals surface area contributed by atoms with Crippen LogP contribution < -0.4 is 4.90 Å². The van der Waals surface area contributed by atoms with Crippen molar-refractivity contribution in [3.8, 4) is 0 Å². The summed E-state index contributed by atoms with van der Waals surface area (Å²) in [6.45, 7) is 4.71. The average molecular weight is 210 g/mol. The second-order valence-corrected chi connectivity index (χ2v) is 3.71. The Morgan fingerprint density at radius 1 is 1.43 bits per heavy atom. The van der Waals surface area contributed by atoms with Gasteiger partial charge in [-0.05, 0) is 25.0 Å². The summed E-state index contributed by atoms with van der Waals surface area (Å²) in [4.78, 5) is 2.17. The molecule has 1 aromatic rings. The Labute approximate surface area is 91.0 Å². The quantitative estimate of drug-likeness (QED) is 0.528. The smallest absolute Gasteiger partial charge is 0.0639 e. The zero-order valence-electron chi connectivity index (χ0n) is 8.54. The standard InChI is InChI=1S/C12H16ClN/c1-3-4-7-10-14(2)12-9-6-5-8-11(12)13/h3,5-6,8-9H,1,4,7,10H2,2H3. The summed E-state index contributed by atoms with van der Waals surface area (Å²) in [5.74, 6) is 0. The molecule has 0 radical (unpaired) electrons. The van der Waals surface area contributed by atoms with Crippen molar-refractivity contribution in [1.29, 1.82) is 0 Å². The summed E-state index contributed by atoms with van der Waals surface area (Å²) in [7, 11) is 2.06. The van der Waals surface area contributed by atoms with E-state index in [1.807, 2.05) is 30.3 Å². The summed E-state index contributed by atoms with van der Waals surface area (Å²) >= 11 is 6.07. The Bertz CT molecular complexity index is 296. The lowest BCUT2D eigenvalue weighted by atomic mass is 10.2. The van der Waals surface area contributed by atoms with Gasteiger partial charge in [-0.15, -0.1) is 6.58 Å². The Morgan fingerprint density at radius 3 is 2.79 bits per heavy atom. The van der Waals surface area contributed by atoms with E-state index in [9.17, 15) is 0 Å². The van der Waals surface area contributed by atoms with Gasteiger partial charge >= 0.3 is 0 Å². The Hall–Kier alpha value is -0.950. The molecule has 0 saturated carbocycles. The maximum atomic E-state index is 6.07. The Balaban J connectivity index is 2.55. The van der Waals surface area contributed by atoms with Gasteiger partial charge in [-0.2, -0.15) is 0 Å². The van der Waals surface area contributed by atoms with Crippen molar-refractivity contribution in [2.45, 2.75) is 12.8 Å². The van der Waals surface area contributed by atoms with Crippen molar-refractivity contribution in [3.05, 3.63) is 41.9 Å². The summed E-state index contributed by atoms with van der Waals surface area (Å²) in [6.07, 6.45) is 4.11. The molecule has 0 saturated heterocycles. The highest BCUT2D eigenvalue weighted by molar-refractivity contribution is 6.33. The lowest BCUT2D eigenvalue weighted by molar-refractivity contribution is 0.802. The number of allylic oxidation sites excluding steroid dienone is 1. The Morgan fingerprint density at radius 2 is 2.14 bits per heavy atom. The molecule has 1 aromatic carbocycles. The van der Waals surface area contributed by atoms with Crippen LogP contribution in [0.15, 0.2) is 36.9 Å². The van der Waals surface area contributed by atoms with Crippen LogP contribution in [0.1, 0.15) is 12.8 Å². The SMILES string of the molecule is C=CCCCN(C)c1ccccc1Cl. The van der Waals surface area contributed by atoms with Gasteiger partial charge in [-0.25, -0.2) is 0 Å². The van der Waals surface area contributed by atoms with Crippen LogP contribution >= 0.6 is 11.6 Å². The van der Waals surface area contributed by atoms with Crippen LogP contribution in [0.5, 0.6) is 0 Å². The van der Waals surface area contributed by atoms with Crippen LogP contribution in [0.2, 0.25) is 5.02 Å². The van der Waals surface area contributed by atoms with Crippen LogP contribution in [-0.2, 0) is 0 Å². The van der Waals surface area contributed by atoms with E-state index in [2.05, 4.69) is 18.5 Å². The maximum absolute atomic E-state index is 6.07. The minimum absolute atomic E-state index is 0.814. The third-order valence-electron chi connectivity index (χ3n) is 2.17. The number of unbranched alkanes of at least 4 members (excludes halogenated alkanes) is 1. The van der Waals surface area contributed by atoms with Crippen LogP contribution in [-0.4, -0.2) is 13.6 Å². The summed E-state index contributed by atoms with van der Waals surface area (Å²) in [6, 6.07) is 7.91. The fraction of sp³-hybridized carbons (Fsp3) is 0.333. The number of benzene rings is 1. The zero-order chi connectivity index (χ0) is 10.4. The second-order valence-electron chi connectivity index (χ2n) is 3.30. The largest absolute Gasteiger partial charge is 0.373 e. The molecule has 14 heavy (non-hydrogen) atoms. The molecular weight excluding hydrogens is 194 g/mol. The first kappa shape index (κ1) is 11.1. The van der Waals surface area contributed by atoms with E-state index in [0.717, 1.165) is 30.1 Å². The van der Waals surface area contributed by atoms with Gasteiger partial charge in [0.1, 0.15) is 0 Å². The molecule has 0 heterocycles. The molecule has 76 valence electrons. The molecule has 0 aromatic heterocycles. The van der Waals surface area contributed by atoms with E-state index in [4.69, 9.17) is 11.6 Å². The molecule has 0 unspecified atom stereocenters. The van der Waals surface area contributed by atoms with Gasteiger partial charge in [0.15, 0.2) is 0 Å². The van der Waals surface area contributed by atoms with E-state index >= 15 is 0 Å². The minimum Gasteiger partial charge on any atom is -0.373 e. The van der Waals surface area contributed by atoms with E-state index in [1.54, 1.807) is 0 Å². The molecule has 0 bridgehead atoms. The maximum Gasteiger partial charge on any atom is 0.0639 e. The normalized spacial score (nSPS) is 9.86. The van der Waals surface area contributed by atoms with Crippen molar-refractivity contribution >= 4 is 17.3 Å². The molecule has 0 fully saturated rings. The van der Waals surface area contributed by atoms with Crippen LogP contribution in [0.4, 0.5) is 5.69 Å². The average Bonchev–Trinajstić information content (AvgIpc) is 2.18. The molecule has 0 amide bonds. The minimum atomic E-state index is 0.814. The molecule has 0 aliphatic rings. The van der Waals surface area contributed by atoms with E-state index in [1.165, 1.54) is 0 Å². The number of halogens is 1. The fourth-order valence-electron chi connectivity index (χ4n) is 1.35. The number of nitrogens with zero attached hydrogens (tertiary/aromatic N) is 1. The first-order valence-electron chi connectivity index (χ1n) is 4.82. The first-order valence-corrected chi connectivity index (χ1v) is 5.20. The summed E-state index contributed by atoms with van der Waals surface area (Å²) in [5, 5.41) is 0.814. The van der Waals surface area contributed by atoms with Gasteiger partial charge in [-0.3, -0.25) is 0 Å². The van der Waals surface area contributed by atoms with E-state index < -0.39 is 0 Å². The second kappa shape index (κ2) is 5.71. The van der Waals surface area contributed by atoms with Gasteiger partial charge in [0, 0.05) is 13.6 Å². The molecule has 0 aliphatic carbocycles. The van der Waals surface area contributed by atoms with Crippen LogP contribution in [0.25, 0.3) is 0 Å². The number of anilines is 1. The zero-order valence-corrected chi connectivity index (χ0v) is 9.30. The molecule has 1 nitrogen and oxygen atoms in total. The van der Waals surface area contributed by atoms with Gasteiger partial charge < -0.3 is 4.90 Å². The predicted octanol–water partition coefficient (Wildman–Crippen LogP) is 3.74. The molecule has 1 rings (SSSR count). The summed E-state index contributed by atoms with van der Waals surface area (Å²) < 4.78 is 0. The van der Waals surface area contributed by atoms with Crippen molar-refractivity contribution in [2.24, 2.45) is 0 Å². The van der Waals surface area contributed by atoms with Gasteiger partial charge in [0.2, 0.25) is 0 Å². The third-order valence-corrected chi connectivity index (χ3v) is 2.49. The lowest BCUT2D eigenvalue weighted by Crippen LogP contribution is -2.18. The monoisotopic (exact) mass is 209 g/mol. The molecule has 0 spiro atoms. The number of hydrogen-bond acceptors (Lipinski definition) is 1. The molecule has 0 atom stereocenters. The highest BCUT2D eigenvalue weighted by Gasteiger charge is 2.03. The van der Waals surface area contributed by atoms with Gasteiger partial charge in [-0.1, -0.05) is 29.8 Å². The number of rotatable bonds is 5.